The molecule has 0 saturated carbocycles. The van der Waals surface area contributed by atoms with Gasteiger partial charge in [0, 0.05) is 29.5 Å². The number of halogens is 2. The minimum atomic E-state index is -0.954. The molecule has 27 heavy (non-hydrogen) atoms. The lowest BCUT2D eigenvalue weighted by Crippen LogP contribution is -2.01. The van der Waals surface area contributed by atoms with Crippen molar-refractivity contribution in [3.63, 3.8) is 0 Å². The monoisotopic (exact) mass is 365 g/mol. The Morgan fingerprint density at radius 3 is 2.59 bits per heavy atom. The van der Waals surface area contributed by atoms with Crippen LogP contribution in [0.15, 0.2) is 55.0 Å². The van der Waals surface area contributed by atoms with Crippen LogP contribution in [0.4, 0.5) is 20.3 Å². The second kappa shape index (κ2) is 6.91. The lowest BCUT2D eigenvalue weighted by atomic mass is 10.2. The lowest BCUT2D eigenvalue weighted by Gasteiger charge is -2.12. The van der Waals surface area contributed by atoms with Crippen LogP contribution in [-0.2, 0) is 0 Å². The van der Waals surface area contributed by atoms with Crippen LogP contribution < -0.4 is 10.1 Å². The number of ether oxygens (including phenoxy) is 1. The lowest BCUT2D eigenvalue weighted by molar-refractivity contribution is 0.415. The molecule has 1 N–H and O–H groups in total. The maximum absolute atomic E-state index is 13.6. The van der Waals surface area contributed by atoms with Gasteiger partial charge in [0.1, 0.15) is 17.3 Å². The molecule has 134 valence electrons. The van der Waals surface area contributed by atoms with Gasteiger partial charge in [-0.2, -0.15) is 0 Å². The Kier molecular flexibility index (Phi) is 4.29. The van der Waals surface area contributed by atoms with Gasteiger partial charge in [0.15, 0.2) is 17.5 Å². The van der Waals surface area contributed by atoms with Gasteiger partial charge in [0.2, 0.25) is 0 Å². The van der Waals surface area contributed by atoms with Gasteiger partial charge in [0.25, 0.3) is 0 Å². The van der Waals surface area contributed by atoms with Gasteiger partial charge in [-0.15, -0.1) is 0 Å². The van der Waals surface area contributed by atoms with Crippen molar-refractivity contribution < 1.29 is 13.5 Å². The molecule has 2 aromatic heterocycles. The fourth-order valence-electron chi connectivity index (χ4n) is 2.57. The van der Waals surface area contributed by atoms with E-state index in [2.05, 4.69) is 25.3 Å². The third-order valence-electron chi connectivity index (χ3n) is 3.88. The van der Waals surface area contributed by atoms with Crippen LogP contribution in [0.2, 0.25) is 0 Å². The fourth-order valence-corrected chi connectivity index (χ4v) is 2.57. The van der Waals surface area contributed by atoms with Crippen molar-refractivity contribution in [3.05, 3.63) is 66.6 Å². The average Bonchev–Trinajstić information content (AvgIpc) is 2.71. The minimum Gasteiger partial charge on any atom is -0.497 e. The average molecular weight is 365 g/mol. The molecule has 0 aliphatic carbocycles. The summed E-state index contributed by atoms with van der Waals surface area (Å²) in [6.45, 7) is 0. The molecular weight excluding hydrogens is 352 g/mol. The number of nitrogens with one attached hydrogen (secondary N) is 1. The van der Waals surface area contributed by atoms with Gasteiger partial charge < -0.3 is 10.1 Å². The third kappa shape index (κ3) is 3.37. The molecule has 0 atom stereocenters. The van der Waals surface area contributed by atoms with Crippen LogP contribution in [0.5, 0.6) is 5.75 Å². The fraction of sp³-hybridized carbons (Fsp3) is 0.0526. The predicted octanol–water partition coefficient (Wildman–Crippen LogP) is 4.12. The Bertz CT molecular complexity index is 1120. The van der Waals surface area contributed by atoms with Crippen molar-refractivity contribution in [2.75, 3.05) is 12.4 Å². The van der Waals surface area contributed by atoms with E-state index in [1.54, 1.807) is 43.9 Å². The van der Waals surface area contributed by atoms with E-state index in [1.807, 2.05) is 0 Å². The number of nitrogens with zero attached hydrogens (tertiary/aromatic N) is 4. The highest BCUT2D eigenvalue weighted by Crippen LogP contribution is 2.29. The zero-order chi connectivity index (χ0) is 18.8. The number of aromatic nitrogens is 4. The first-order valence-corrected chi connectivity index (χ1v) is 7.98. The maximum Gasteiger partial charge on any atom is 0.182 e. The molecule has 0 radical (unpaired) electrons. The van der Waals surface area contributed by atoms with Gasteiger partial charge in [-0.1, -0.05) is 0 Å². The molecule has 0 fully saturated rings. The first-order valence-electron chi connectivity index (χ1n) is 7.98. The van der Waals surface area contributed by atoms with E-state index >= 15 is 0 Å². The van der Waals surface area contributed by atoms with Crippen molar-refractivity contribution in [1.29, 1.82) is 0 Å². The van der Waals surface area contributed by atoms with E-state index in [1.165, 1.54) is 6.07 Å². The van der Waals surface area contributed by atoms with Gasteiger partial charge >= 0.3 is 0 Å². The standard InChI is InChI=1S/C19H13F2N5O/c1-27-12-3-5-16-13(9-12)18(24-11-2-4-14(20)15(21)8-11)26-19(25-16)17-10-22-6-7-23-17/h2-10H,1H3,(H,24,25,26). The first-order chi connectivity index (χ1) is 13.1. The summed E-state index contributed by atoms with van der Waals surface area (Å²) in [5.74, 6) is -0.497. The SMILES string of the molecule is COc1ccc2nc(-c3cnccn3)nc(Nc3ccc(F)c(F)c3)c2c1. The maximum atomic E-state index is 13.6. The summed E-state index contributed by atoms with van der Waals surface area (Å²) < 4.78 is 32.0. The zero-order valence-corrected chi connectivity index (χ0v) is 14.1. The molecule has 8 heteroatoms. The van der Waals surface area contributed by atoms with E-state index in [-0.39, 0.29) is 0 Å². The summed E-state index contributed by atoms with van der Waals surface area (Å²) >= 11 is 0. The third-order valence-corrected chi connectivity index (χ3v) is 3.88. The smallest absolute Gasteiger partial charge is 0.182 e. The number of hydrogen-bond acceptors (Lipinski definition) is 6. The Hall–Kier alpha value is -3.68. The number of hydrogen-bond donors (Lipinski definition) is 1. The number of fused-ring (bicyclic) bond motifs is 1. The number of rotatable bonds is 4. The van der Waals surface area contributed by atoms with Crippen LogP contribution in [0, 0.1) is 11.6 Å². The van der Waals surface area contributed by atoms with E-state index in [0.717, 1.165) is 12.1 Å². The normalized spacial score (nSPS) is 10.8. The summed E-state index contributed by atoms with van der Waals surface area (Å²) in [4.78, 5) is 17.3. The number of methoxy groups -OCH3 is 1. The topological polar surface area (TPSA) is 72.8 Å². The number of benzene rings is 2. The highest BCUT2D eigenvalue weighted by molar-refractivity contribution is 5.93. The Labute approximate surface area is 152 Å². The highest BCUT2D eigenvalue weighted by Gasteiger charge is 2.13. The Morgan fingerprint density at radius 1 is 0.963 bits per heavy atom. The second-order valence-corrected chi connectivity index (χ2v) is 5.62. The van der Waals surface area contributed by atoms with Crippen LogP contribution in [0.3, 0.4) is 0 Å². The van der Waals surface area contributed by atoms with Crippen LogP contribution >= 0.6 is 0 Å². The van der Waals surface area contributed by atoms with E-state index in [4.69, 9.17) is 4.74 Å². The van der Waals surface area contributed by atoms with Crippen molar-refractivity contribution in [2.24, 2.45) is 0 Å². The molecule has 0 saturated heterocycles. The molecule has 0 aliphatic rings. The van der Waals surface area contributed by atoms with Gasteiger partial charge in [0.05, 0.1) is 18.8 Å². The highest BCUT2D eigenvalue weighted by atomic mass is 19.2. The molecule has 0 aliphatic heterocycles. The zero-order valence-electron chi connectivity index (χ0n) is 14.1. The summed E-state index contributed by atoms with van der Waals surface area (Å²) in [5.41, 5.74) is 1.47. The Morgan fingerprint density at radius 2 is 1.85 bits per heavy atom. The van der Waals surface area contributed by atoms with Gasteiger partial charge in [-0.05, 0) is 30.3 Å². The van der Waals surface area contributed by atoms with Crippen LogP contribution in [-0.4, -0.2) is 27.0 Å². The minimum absolute atomic E-state index is 0.349. The largest absolute Gasteiger partial charge is 0.497 e. The second-order valence-electron chi connectivity index (χ2n) is 5.62. The van der Waals surface area contributed by atoms with Crippen LogP contribution in [0.25, 0.3) is 22.4 Å². The summed E-state index contributed by atoms with van der Waals surface area (Å²) in [7, 11) is 1.55. The molecular formula is C19H13F2N5O. The summed E-state index contributed by atoms with van der Waals surface area (Å²) in [6.07, 6.45) is 4.64. The van der Waals surface area contributed by atoms with Crippen molar-refractivity contribution in [1.82, 2.24) is 19.9 Å². The molecule has 0 amide bonds. The van der Waals surface area contributed by atoms with Crippen molar-refractivity contribution >= 4 is 22.4 Å². The number of anilines is 2. The van der Waals surface area contributed by atoms with E-state index < -0.39 is 11.6 Å². The molecule has 2 heterocycles. The Balaban J connectivity index is 1.88. The molecule has 2 aromatic carbocycles. The quantitative estimate of drug-likeness (QED) is 0.587. The molecule has 4 aromatic rings. The van der Waals surface area contributed by atoms with E-state index in [0.29, 0.717) is 39.7 Å². The van der Waals surface area contributed by atoms with Crippen LogP contribution in [0.1, 0.15) is 0 Å². The van der Waals surface area contributed by atoms with Crippen molar-refractivity contribution in [3.8, 4) is 17.3 Å². The van der Waals surface area contributed by atoms with Crippen molar-refractivity contribution in [2.45, 2.75) is 0 Å². The van der Waals surface area contributed by atoms with E-state index in [9.17, 15) is 8.78 Å². The predicted molar refractivity (Wildman–Crippen MR) is 96.8 cm³/mol. The van der Waals surface area contributed by atoms with Gasteiger partial charge in [-0.25, -0.2) is 23.7 Å². The molecule has 4 rings (SSSR count). The first kappa shape index (κ1) is 16.8. The molecule has 0 unspecified atom stereocenters. The molecule has 0 spiro atoms. The van der Waals surface area contributed by atoms with Gasteiger partial charge in [-0.3, -0.25) is 4.98 Å². The summed E-state index contributed by atoms with van der Waals surface area (Å²) in [6, 6.07) is 8.85. The molecule has 6 nitrogen and oxygen atoms in total. The molecule has 0 bridgehead atoms. The summed E-state index contributed by atoms with van der Waals surface area (Å²) in [5, 5.41) is 3.67.